The molecule has 3 heteroatoms. The maximum atomic E-state index is 4.04. The van der Waals surface area contributed by atoms with Gasteiger partial charge in [-0.3, -0.25) is 0 Å². The molecule has 0 radical (unpaired) electrons. The monoisotopic (exact) mass is 332 g/mol. The van der Waals surface area contributed by atoms with E-state index in [1.54, 1.807) is 18.8 Å². The summed E-state index contributed by atoms with van der Waals surface area (Å²) in [4.78, 5) is 1.28. The minimum absolute atomic E-state index is 0. The summed E-state index contributed by atoms with van der Waals surface area (Å²) in [5.41, 5.74) is 1.04. The Morgan fingerprint density at radius 2 is 1.73 bits per heavy atom. The van der Waals surface area contributed by atoms with E-state index in [4.69, 9.17) is 0 Å². The Morgan fingerprint density at radius 1 is 1.18 bits per heavy atom. The van der Waals surface area contributed by atoms with Crippen molar-refractivity contribution in [3.8, 4) is 0 Å². The molecule has 0 aliphatic heterocycles. The van der Waals surface area contributed by atoms with Gasteiger partial charge in [-0.2, -0.15) is 0 Å². The normalized spacial score (nSPS) is 8.55. The summed E-state index contributed by atoms with van der Waals surface area (Å²) < 4.78 is 0. The van der Waals surface area contributed by atoms with Crippen LogP contribution in [-0.4, -0.2) is 13.3 Å². The zero-order valence-electron chi connectivity index (χ0n) is 6.66. The van der Waals surface area contributed by atoms with Gasteiger partial charge in [0.05, 0.1) is 0 Å². The molecule has 0 aromatic heterocycles. The molecule has 0 unspecified atom stereocenters. The van der Waals surface area contributed by atoms with Crippen LogP contribution in [0, 0.1) is 0 Å². The first-order valence-electron chi connectivity index (χ1n) is 3.10. The third-order valence-corrected chi connectivity index (χ3v) is 2.07. The molecule has 0 N–H and O–H groups in total. The van der Waals surface area contributed by atoms with Crippen LogP contribution in [0.25, 0.3) is 5.32 Å². The van der Waals surface area contributed by atoms with Crippen LogP contribution in [-0.2, 0) is 25.8 Å². The number of thioether (sulfide) groups is 1. The second kappa shape index (κ2) is 5.84. The van der Waals surface area contributed by atoms with Gasteiger partial charge in [0.25, 0.3) is 0 Å². The molecule has 0 amide bonds. The Kier molecular flexibility index (Phi) is 5.96. The first-order valence-corrected chi connectivity index (χ1v) is 4.33. The van der Waals surface area contributed by atoms with Gasteiger partial charge >= 0.3 is 0 Å². The minimum Gasteiger partial charge on any atom is -0.687 e. The van der Waals surface area contributed by atoms with Gasteiger partial charge in [0.2, 0.25) is 0 Å². The van der Waals surface area contributed by atoms with Crippen LogP contribution in [0.4, 0.5) is 5.69 Å². The van der Waals surface area contributed by atoms with Crippen molar-refractivity contribution in [1.82, 2.24) is 0 Å². The van der Waals surface area contributed by atoms with Crippen LogP contribution in [0.15, 0.2) is 29.2 Å². The van der Waals surface area contributed by atoms with Crippen molar-refractivity contribution in [2.45, 2.75) is 4.90 Å². The van der Waals surface area contributed by atoms with E-state index in [2.05, 4.69) is 23.7 Å². The molecule has 0 fully saturated rings. The van der Waals surface area contributed by atoms with Gasteiger partial charge in [-0.25, -0.2) is 0 Å². The molecule has 1 aromatic carbocycles. The average molecular weight is 331 g/mol. The average Bonchev–Trinajstić information content (AvgIpc) is 2.05. The molecular weight excluding hydrogens is 321 g/mol. The largest absolute Gasteiger partial charge is 0.687 e. The van der Waals surface area contributed by atoms with Crippen molar-refractivity contribution < 1.29 is 25.8 Å². The van der Waals surface area contributed by atoms with Crippen molar-refractivity contribution in [1.29, 1.82) is 0 Å². The van der Waals surface area contributed by atoms with Gasteiger partial charge in [0, 0.05) is 30.7 Å². The second-order valence-electron chi connectivity index (χ2n) is 1.92. The Hall–Kier alpha value is 0.240. The standard InChI is InChI=1S/C8H10NS.Hf/c1-9-7-3-5-8(10-2)6-4-7;/h3-6H,1-2H3;/q-1;. The summed E-state index contributed by atoms with van der Waals surface area (Å²) in [6.45, 7) is 0. The van der Waals surface area contributed by atoms with Crippen molar-refractivity contribution in [3.05, 3.63) is 29.6 Å². The van der Waals surface area contributed by atoms with Crippen molar-refractivity contribution >= 4 is 17.4 Å². The summed E-state index contributed by atoms with van der Waals surface area (Å²) >= 11 is 1.75. The number of hydrogen-bond acceptors (Lipinski definition) is 1. The number of hydrogen-bond donors (Lipinski definition) is 0. The quantitative estimate of drug-likeness (QED) is 0.600. The Balaban J connectivity index is 0.000001000. The Labute approximate surface area is 90.7 Å². The third kappa shape index (κ3) is 3.43. The molecule has 11 heavy (non-hydrogen) atoms. The predicted molar refractivity (Wildman–Crippen MR) is 47.2 cm³/mol. The molecule has 58 valence electrons. The Morgan fingerprint density at radius 3 is 2.09 bits per heavy atom. The van der Waals surface area contributed by atoms with E-state index in [1.165, 1.54) is 4.90 Å². The molecule has 0 saturated heterocycles. The first-order chi connectivity index (χ1) is 4.86. The fourth-order valence-electron chi connectivity index (χ4n) is 0.731. The van der Waals surface area contributed by atoms with Crippen molar-refractivity contribution in [3.63, 3.8) is 0 Å². The maximum absolute atomic E-state index is 4.04. The summed E-state index contributed by atoms with van der Waals surface area (Å²) in [5, 5.41) is 4.04. The topological polar surface area (TPSA) is 14.1 Å². The molecule has 0 bridgehead atoms. The van der Waals surface area contributed by atoms with Gasteiger partial charge in [0.1, 0.15) is 0 Å². The van der Waals surface area contributed by atoms with Crippen LogP contribution >= 0.6 is 11.8 Å². The van der Waals surface area contributed by atoms with Gasteiger partial charge in [-0.15, -0.1) is 24.5 Å². The molecule has 0 atom stereocenters. The molecule has 1 aromatic rings. The van der Waals surface area contributed by atoms with Crippen molar-refractivity contribution in [2.75, 3.05) is 13.3 Å². The summed E-state index contributed by atoms with van der Waals surface area (Å²) in [7, 11) is 1.80. The van der Waals surface area contributed by atoms with E-state index < -0.39 is 0 Å². The van der Waals surface area contributed by atoms with Crippen molar-refractivity contribution in [2.24, 2.45) is 0 Å². The molecule has 0 aliphatic rings. The molecule has 1 nitrogen and oxygen atoms in total. The van der Waals surface area contributed by atoms with E-state index in [0.29, 0.717) is 0 Å². The van der Waals surface area contributed by atoms with E-state index >= 15 is 0 Å². The van der Waals surface area contributed by atoms with Gasteiger partial charge in [-0.1, -0.05) is 12.1 Å². The van der Waals surface area contributed by atoms with Crippen LogP contribution in [0.5, 0.6) is 0 Å². The molecule has 0 heterocycles. The van der Waals surface area contributed by atoms with E-state index in [1.807, 2.05) is 12.1 Å². The van der Waals surface area contributed by atoms with E-state index in [9.17, 15) is 0 Å². The van der Waals surface area contributed by atoms with Crippen LogP contribution in [0.3, 0.4) is 0 Å². The molecule has 0 saturated carbocycles. The van der Waals surface area contributed by atoms with Crippen LogP contribution < -0.4 is 0 Å². The van der Waals surface area contributed by atoms with E-state index in [0.717, 1.165) is 5.69 Å². The zero-order chi connectivity index (χ0) is 7.40. The first kappa shape index (κ1) is 11.2. The molecule has 0 spiro atoms. The maximum Gasteiger partial charge on any atom is 0.00682 e. The Bertz CT molecular complexity index is 175. The minimum atomic E-state index is 0. The SMILES string of the molecule is C[N-]c1ccc(SC)cc1.[Hf]. The molecular formula is C8H10HfNS-. The summed E-state index contributed by atoms with van der Waals surface area (Å²) in [5.74, 6) is 0. The smallest absolute Gasteiger partial charge is 0.00682 e. The third-order valence-electron chi connectivity index (χ3n) is 1.33. The predicted octanol–water partition coefficient (Wildman–Crippen LogP) is 3.04. The molecule has 1 rings (SSSR count). The van der Waals surface area contributed by atoms with Crippen LogP contribution in [0.1, 0.15) is 0 Å². The second-order valence-corrected chi connectivity index (χ2v) is 2.80. The fraction of sp³-hybridized carbons (Fsp3) is 0.250. The van der Waals surface area contributed by atoms with E-state index in [-0.39, 0.29) is 25.8 Å². The molecule has 0 aliphatic carbocycles. The summed E-state index contributed by atoms with van der Waals surface area (Å²) in [6, 6.07) is 8.19. The number of benzene rings is 1. The number of rotatable bonds is 2. The summed E-state index contributed by atoms with van der Waals surface area (Å²) in [6.07, 6.45) is 2.07. The van der Waals surface area contributed by atoms with Gasteiger partial charge in [0.15, 0.2) is 0 Å². The van der Waals surface area contributed by atoms with Crippen LogP contribution in [0.2, 0.25) is 0 Å². The van der Waals surface area contributed by atoms with Gasteiger partial charge < -0.3 is 5.32 Å². The zero-order valence-corrected chi connectivity index (χ0v) is 11.1. The number of nitrogens with zero attached hydrogens (tertiary/aromatic N) is 1. The fourth-order valence-corrected chi connectivity index (χ4v) is 1.14. The van der Waals surface area contributed by atoms with Gasteiger partial charge in [-0.05, 0) is 18.4 Å².